The van der Waals surface area contributed by atoms with Crippen molar-refractivity contribution in [3.8, 4) is 0 Å². The summed E-state index contributed by atoms with van der Waals surface area (Å²) >= 11 is 0. The van der Waals surface area contributed by atoms with Crippen LogP contribution in [0.2, 0.25) is 0 Å². The maximum Gasteiger partial charge on any atom is 0.352 e. The molecule has 0 fully saturated rings. The van der Waals surface area contributed by atoms with Gasteiger partial charge in [0.05, 0.1) is 12.0 Å². The molecule has 12 heavy (non-hydrogen) atoms. The molecule has 2 unspecified atom stereocenters. The molecule has 2 atom stereocenters. The minimum atomic E-state index is -0.938. The zero-order valence-corrected chi connectivity index (χ0v) is 6.40. The molecule has 2 N–H and O–H groups in total. The fraction of sp³-hybridized carbons (Fsp3) is 0.571. The minimum Gasteiger partial charge on any atom is -0.477 e. The van der Waals surface area contributed by atoms with Gasteiger partial charge in [0.25, 0.3) is 0 Å². The second kappa shape index (κ2) is 2.58. The standard InChI is InChI=1S/C7H9N3O2/c11-7(12)6-4-3-8-2-1-5(4)9-10-6/h2,4-5,9H,1,3H2,(H,11,12). The fourth-order valence-corrected chi connectivity index (χ4v) is 1.53. The molecule has 2 aliphatic rings. The van der Waals surface area contributed by atoms with E-state index in [0.717, 1.165) is 6.42 Å². The van der Waals surface area contributed by atoms with E-state index in [2.05, 4.69) is 15.5 Å². The lowest BCUT2D eigenvalue weighted by molar-refractivity contribution is -0.129. The number of rotatable bonds is 1. The summed E-state index contributed by atoms with van der Waals surface area (Å²) < 4.78 is 0. The molecular weight excluding hydrogens is 158 g/mol. The summed E-state index contributed by atoms with van der Waals surface area (Å²) in [6.07, 6.45) is 2.58. The Balaban J connectivity index is 2.19. The van der Waals surface area contributed by atoms with Gasteiger partial charge in [-0.3, -0.25) is 4.99 Å². The van der Waals surface area contributed by atoms with Gasteiger partial charge in [0.2, 0.25) is 0 Å². The van der Waals surface area contributed by atoms with Crippen LogP contribution < -0.4 is 5.43 Å². The lowest BCUT2D eigenvalue weighted by Gasteiger charge is -2.19. The summed E-state index contributed by atoms with van der Waals surface area (Å²) in [5, 5.41) is 12.5. The maximum atomic E-state index is 10.6. The molecule has 2 rings (SSSR count). The van der Waals surface area contributed by atoms with Crippen LogP contribution in [0.15, 0.2) is 10.1 Å². The van der Waals surface area contributed by atoms with Crippen molar-refractivity contribution in [2.45, 2.75) is 12.5 Å². The predicted molar refractivity (Wildman–Crippen MR) is 43.5 cm³/mol. The van der Waals surface area contributed by atoms with E-state index < -0.39 is 5.97 Å². The van der Waals surface area contributed by atoms with E-state index in [4.69, 9.17) is 5.11 Å². The Hall–Kier alpha value is -1.39. The van der Waals surface area contributed by atoms with Gasteiger partial charge in [-0.2, -0.15) is 5.10 Å². The van der Waals surface area contributed by atoms with Crippen LogP contribution in [0.4, 0.5) is 0 Å². The Bertz CT molecular complexity index is 272. The summed E-state index contributed by atoms with van der Waals surface area (Å²) in [6.45, 7) is 0.544. The van der Waals surface area contributed by atoms with E-state index in [1.807, 2.05) is 6.21 Å². The number of hydrazone groups is 1. The first-order chi connectivity index (χ1) is 5.79. The van der Waals surface area contributed by atoms with Crippen LogP contribution in [0.25, 0.3) is 0 Å². The van der Waals surface area contributed by atoms with Crippen LogP contribution in [0, 0.1) is 5.92 Å². The number of carboxylic acid groups (broad SMARTS) is 1. The van der Waals surface area contributed by atoms with E-state index >= 15 is 0 Å². The molecular formula is C7H9N3O2. The lowest BCUT2D eigenvalue weighted by Crippen LogP contribution is -2.36. The van der Waals surface area contributed by atoms with Crippen LogP contribution in [0.5, 0.6) is 0 Å². The van der Waals surface area contributed by atoms with Gasteiger partial charge < -0.3 is 10.5 Å². The molecule has 5 heteroatoms. The largest absolute Gasteiger partial charge is 0.477 e. The molecule has 0 aromatic carbocycles. The zero-order chi connectivity index (χ0) is 8.55. The average molecular weight is 167 g/mol. The first kappa shape index (κ1) is 7.27. The second-order valence-corrected chi connectivity index (χ2v) is 2.93. The average Bonchev–Trinajstić information content (AvgIpc) is 2.47. The highest BCUT2D eigenvalue weighted by Gasteiger charge is 2.36. The number of carboxylic acids is 1. The number of hydrogen-bond acceptors (Lipinski definition) is 4. The molecule has 2 heterocycles. The molecule has 0 saturated heterocycles. The molecule has 64 valence electrons. The maximum absolute atomic E-state index is 10.6. The van der Waals surface area contributed by atoms with Crippen LogP contribution in [0.3, 0.4) is 0 Å². The van der Waals surface area contributed by atoms with Crippen LogP contribution >= 0.6 is 0 Å². The van der Waals surface area contributed by atoms with Crippen molar-refractivity contribution < 1.29 is 9.90 Å². The van der Waals surface area contributed by atoms with Crippen molar-refractivity contribution in [3.63, 3.8) is 0 Å². The highest BCUT2D eigenvalue weighted by molar-refractivity contribution is 6.37. The van der Waals surface area contributed by atoms with Gasteiger partial charge in [-0.05, 0) is 0 Å². The van der Waals surface area contributed by atoms with E-state index in [0.29, 0.717) is 6.54 Å². The third kappa shape index (κ3) is 0.975. The molecule has 0 amide bonds. The van der Waals surface area contributed by atoms with Crippen LogP contribution in [-0.4, -0.2) is 35.6 Å². The summed E-state index contributed by atoms with van der Waals surface area (Å²) in [7, 11) is 0. The Morgan fingerprint density at radius 3 is 3.33 bits per heavy atom. The molecule has 0 radical (unpaired) electrons. The smallest absolute Gasteiger partial charge is 0.352 e. The van der Waals surface area contributed by atoms with Crippen molar-refractivity contribution in [2.24, 2.45) is 16.0 Å². The van der Waals surface area contributed by atoms with Crippen molar-refractivity contribution in [1.29, 1.82) is 0 Å². The van der Waals surface area contributed by atoms with Gasteiger partial charge >= 0.3 is 5.97 Å². The molecule has 0 aromatic heterocycles. The Morgan fingerprint density at radius 1 is 1.75 bits per heavy atom. The van der Waals surface area contributed by atoms with Gasteiger partial charge in [0, 0.05) is 19.2 Å². The van der Waals surface area contributed by atoms with E-state index in [1.54, 1.807) is 0 Å². The normalized spacial score (nSPS) is 32.2. The van der Waals surface area contributed by atoms with E-state index in [9.17, 15) is 4.79 Å². The highest BCUT2D eigenvalue weighted by Crippen LogP contribution is 2.19. The Labute approximate surface area is 69.2 Å². The van der Waals surface area contributed by atoms with Crippen LogP contribution in [-0.2, 0) is 4.79 Å². The van der Waals surface area contributed by atoms with Crippen molar-refractivity contribution >= 4 is 17.9 Å². The summed E-state index contributed by atoms with van der Waals surface area (Å²) in [5.41, 5.74) is 3.03. The number of nitrogens with zero attached hydrogens (tertiary/aromatic N) is 2. The van der Waals surface area contributed by atoms with Crippen molar-refractivity contribution in [2.75, 3.05) is 6.54 Å². The monoisotopic (exact) mass is 167 g/mol. The first-order valence-electron chi connectivity index (χ1n) is 3.83. The summed E-state index contributed by atoms with van der Waals surface area (Å²) in [4.78, 5) is 14.7. The van der Waals surface area contributed by atoms with Gasteiger partial charge in [-0.15, -0.1) is 0 Å². The number of carbonyl (C=O) groups is 1. The number of nitrogens with one attached hydrogen (secondary N) is 1. The molecule has 0 spiro atoms. The third-order valence-corrected chi connectivity index (χ3v) is 2.20. The first-order valence-corrected chi connectivity index (χ1v) is 3.83. The molecule has 2 aliphatic heterocycles. The van der Waals surface area contributed by atoms with Crippen molar-refractivity contribution in [3.05, 3.63) is 0 Å². The number of hydrogen-bond donors (Lipinski definition) is 2. The summed E-state index contributed by atoms with van der Waals surface area (Å²) in [5.74, 6) is -0.973. The molecule has 0 aliphatic carbocycles. The number of aliphatic imine (C=N–C) groups is 1. The highest BCUT2D eigenvalue weighted by atomic mass is 16.4. The quantitative estimate of drug-likeness (QED) is 0.552. The molecule has 0 aromatic rings. The Kier molecular flexibility index (Phi) is 1.56. The van der Waals surface area contributed by atoms with Gasteiger partial charge in [-0.25, -0.2) is 4.79 Å². The molecule has 0 saturated carbocycles. The van der Waals surface area contributed by atoms with Gasteiger partial charge in [0.1, 0.15) is 0 Å². The van der Waals surface area contributed by atoms with Crippen molar-refractivity contribution in [1.82, 2.24) is 5.43 Å². The third-order valence-electron chi connectivity index (χ3n) is 2.20. The SMILES string of the molecule is O=C(O)C1=NNC2CC=NCC12. The Morgan fingerprint density at radius 2 is 2.58 bits per heavy atom. The van der Waals surface area contributed by atoms with Crippen LogP contribution in [0.1, 0.15) is 6.42 Å². The lowest BCUT2D eigenvalue weighted by atomic mass is 9.92. The number of fused-ring (bicyclic) bond motifs is 1. The zero-order valence-electron chi connectivity index (χ0n) is 6.40. The van der Waals surface area contributed by atoms with Gasteiger partial charge in [0.15, 0.2) is 5.71 Å². The number of aliphatic carboxylic acids is 1. The van der Waals surface area contributed by atoms with Gasteiger partial charge in [-0.1, -0.05) is 0 Å². The summed E-state index contributed by atoms with van der Waals surface area (Å²) in [6, 6.07) is 0.147. The second-order valence-electron chi connectivity index (χ2n) is 2.93. The molecule has 0 bridgehead atoms. The minimum absolute atomic E-state index is 0.0347. The predicted octanol–water partition coefficient (Wildman–Crippen LogP) is -0.511. The fourth-order valence-electron chi connectivity index (χ4n) is 1.53. The molecule has 5 nitrogen and oxygen atoms in total. The topological polar surface area (TPSA) is 74.0 Å². The van der Waals surface area contributed by atoms with E-state index in [-0.39, 0.29) is 17.7 Å². The van der Waals surface area contributed by atoms with E-state index in [1.165, 1.54) is 0 Å².